The molecule has 156 valence electrons. The minimum Gasteiger partial charge on any atom is -0.459 e. The highest BCUT2D eigenvalue weighted by Crippen LogP contribution is 2.16. The minimum absolute atomic E-state index is 0.0282. The van der Waals surface area contributed by atoms with Crippen molar-refractivity contribution < 1.29 is 9.21 Å². The summed E-state index contributed by atoms with van der Waals surface area (Å²) in [6.07, 6.45) is 8.00. The van der Waals surface area contributed by atoms with Crippen LogP contribution in [0.1, 0.15) is 49.6 Å². The first-order valence-electron chi connectivity index (χ1n) is 10.7. The van der Waals surface area contributed by atoms with Gasteiger partial charge in [0.15, 0.2) is 11.7 Å². The van der Waals surface area contributed by atoms with Crippen LogP contribution in [0.15, 0.2) is 27.8 Å². The average Bonchev–Trinajstić information content (AvgIpc) is 3.26. The summed E-state index contributed by atoms with van der Waals surface area (Å²) < 4.78 is 5.23. The molecule has 0 aromatic carbocycles. The topological polar surface area (TPSA) is 64.3 Å². The van der Waals surface area contributed by atoms with Crippen LogP contribution in [-0.2, 0) is 0 Å². The number of rotatable bonds is 6. The molecular weight excluding hydrogens is 354 g/mol. The molecule has 7 heteroatoms. The van der Waals surface area contributed by atoms with E-state index >= 15 is 0 Å². The fourth-order valence-electron chi connectivity index (χ4n) is 4.14. The molecule has 0 saturated carbocycles. The van der Waals surface area contributed by atoms with Gasteiger partial charge < -0.3 is 24.4 Å². The van der Waals surface area contributed by atoms with Gasteiger partial charge in [0.25, 0.3) is 5.91 Å². The van der Waals surface area contributed by atoms with Crippen molar-refractivity contribution in [3.8, 4) is 0 Å². The summed E-state index contributed by atoms with van der Waals surface area (Å²) in [5, 5.41) is 3.50. The van der Waals surface area contributed by atoms with E-state index in [1.165, 1.54) is 38.8 Å². The lowest BCUT2D eigenvalue weighted by atomic mass is 10.0. The summed E-state index contributed by atoms with van der Waals surface area (Å²) >= 11 is 0. The molecule has 2 saturated heterocycles. The van der Waals surface area contributed by atoms with Crippen LogP contribution in [-0.4, -0.2) is 85.5 Å². The molecule has 3 rings (SSSR count). The van der Waals surface area contributed by atoms with Crippen LogP contribution >= 0.6 is 0 Å². The Morgan fingerprint density at radius 1 is 1.18 bits per heavy atom. The molecule has 2 fully saturated rings. The molecule has 0 spiro atoms. The lowest BCUT2D eigenvalue weighted by Gasteiger charge is -2.36. The average molecular weight is 390 g/mol. The zero-order chi connectivity index (χ0) is 19.8. The second kappa shape index (κ2) is 10.5. The van der Waals surface area contributed by atoms with E-state index in [-0.39, 0.29) is 5.91 Å². The largest absolute Gasteiger partial charge is 0.459 e. The Balaban J connectivity index is 1.34. The summed E-state index contributed by atoms with van der Waals surface area (Å²) in [6, 6.07) is 4.22. The molecule has 2 aliphatic heterocycles. The number of carbonyl (C=O) groups is 1. The Labute approximate surface area is 168 Å². The van der Waals surface area contributed by atoms with E-state index in [4.69, 9.17) is 4.42 Å². The van der Waals surface area contributed by atoms with Gasteiger partial charge >= 0.3 is 0 Å². The van der Waals surface area contributed by atoms with Gasteiger partial charge in [-0.1, -0.05) is 6.42 Å². The minimum atomic E-state index is -0.0282. The molecule has 0 radical (unpaired) electrons. The van der Waals surface area contributed by atoms with E-state index < -0.39 is 0 Å². The maximum Gasteiger partial charge on any atom is 0.289 e. The molecule has 28 heavy (non-hydrogen) atoms. The number of aliphatic imine (C=N–C) groups is 1. The highest BCUT2D eigenvalue weighted by atomic mass is 16.3. The molecule has 1 aromatic rings. The number of unbranched alkanes of at least 4 members (excludes halogenated alkanes) is 1. The van der Waals surface area contributed by atoms with Gasteiger partial charge in [0.1, 0.15) is 0 Å². The zero-order valence-corrected chi connectivity index (χ0v) is 17.4. The van der Waals surface area contributed by atoms with Crippen LogP contribution in [0.25, 0.3) is 0 Å². The maximum atomic E-state index is 12.4. The summed E-state index contributed by atoms with van der Waals surface area (Å²) in [4.78, 5) is 23.5. The summed E-state index contributed by atoms with van der Waals surface area (Å²) in [5.41, 5.74) is 0. The highest BCUT2D eigenvalue weighted by molar-refractivity contribution is 5.91. The number of nitrogens with zero attached hydrogens (tertiary/aromatic N) is 4. The van der Waals surface area contributed by atoms with Crippen molar-refractivity contribution in [1.29, 1.82) is 0 Å². The standard InChI is InChI=1S/C21H35N5O2/c1-18-8-3-5-11-24(18)12-6-4-10-23-21(22-2)26-15-13-25(14-16-26)20(27)19-9-7-17-28-19/h7,9,17-18H,3-6,8,10-16H2,1-2H3,(H,22,23). The number of piperidine rings is 1. The second-order valence-corrected chi connectivity index (χ2v) is 7.82. The summed E-state index contributed by atoms with van der Waals surface area (Å²) in [5.74, 6) is 1.33. The molecule has 0 aliphatic carbocycles. The molecule has 0 bridgehead atoms. The first kappa shape index (κ1) is 20.7. The van der Waals surface area contributed by atoms with E-state index in [0.29, 0.717) is 18.8 Å². The van der Waals surface area contributed by atoms with Crippen LogP contribution in [0, 0.1) is 0 Å². The number of hydrogen-bond donors (Lipinski definition) is 1. The van der Waals surface area contributed by atoms with Crippen molar-refractivity contribution in [3.05, 3.63) is 24.2 Å². The zero-order valence-electron chi connectivity index (χ0n) is 17.4. The first-order valence-corrected chi connectivity index (χ1v) is 10.7. The predicted octanol–water partition coefficient (Wildman–Crippen LogP) is 2.27. The van der Waals surface area contributed by atoms with Crippen LogP contribution in [0.2, 0.25) is 0 Å². The van der Waals surface area contributed by atoms with Gasteiger partial charge in [-0.3, -0.25) is 9.79 Å². The van der Waals surface area contributed by atoms with Gasteiger partial charge in [-0.05, 0) is 57.8 Å². The second-order valence-electron chi connectivity index (χ2n) is 7.82. The van der Waals surface area contributed by atoms with E-state index in [9.17, 15) is 4.79 Å². The molecule has 1 unspecified atom stereocenters. The van der Waals surface area contributed by atoms with Gasteiger partial charge in [0.05, 0.1) is 6.26 Å². The fourth-order valence-corrected chi connectivity index (χ4v) is 4.14. The van der Waals surface area contributed by atoms with E-state index in [0.717, 1.165) is 38.1 Å². The van der Waals surface area contributed by atoms with Crippen LogP contribution < -0.4 is 5.32 Å². The molecule has 3 heterocycles. The van der Waals surface area contributed by atoms with Crippen molar-refractivity contribution in [3.63, 3.8) is 0 Å². The van der Waals surface area contributed by atoms with Crippen molar-refractivity contribution in [1.82, 2.24) is 20.0 Å². The SMILES string of the molecule is CN=C(NCCCCN1CCCCC1C)N1CCN(C(=O)c2ccco2)CC1. The molecule has 7 nitrogen and oxygen atoms in total. The lowest BCUT2D eigenvalue weighted by molar-refractivity contribution is 0.0657. The fraction of sp³-hybridized carbons (Fsp3) is 0.714. The molecule has 1 atom stereocenters. The number of piperazine rings is 1. The Bertz CT molecular complexity index is 623. The molecule has 1 N–H and O–H groups in total. The maximum absolute atomic E-state index is 12.4. The third-order valence-electron chi connectivity index (χ3n) is 5.91. The number of nitrogens with one attached hydrogen (secondary N) is 1. The van der Waals surface area contributed by atoms with Gasteiger partial charge in [-0.25, -0.2) is 0 Å². The Kier molecular flexibility index (Phi) is 7.77. The van der Waals surface area contributed by atoms with Crippen molar-refractivity contribution in [2.45, 2.75) is 45.1 Å². The number of furan rings is 1. The van der Waals surface area contributed by atoms with Gasteiger partial charge in [0.2, 0.25) is 0 Å². The third kappa shape index (κ3) is 5.50. The molecule has 1 amide bonds. The number of hydrogen-bond acceptors (Lipinski definition) is 4. The monoisotopic (exact) mass is 389 g/mol. The Morgan fingerprint density at radius 2 is 1.96 bits per heavy atom. The van der Waals surface area contributed by atoms with E-state index in [2.05, 4.69) is 27.0 Å². The van der Waals surface area contributed by atoms with Crippen molar-refractivity contribution in [2.24, 2.45) is 4.99 Å². The number of amides is 1. The van der Waals surface area contributed by atoms with Crippen LogP contribution in [0.4, 0.5) is 0 Å². The van der Waals surface area contributed by atoms with Gasteiger partial charge in [-0.2, -0.15) is 0 Å². The van der Waals surface area contributed by atoms with E-state index in [1.54, 1.807) is 18.4 Å². The lowest BCUT2D eigenvalue weighted by Crippen LogP contribution is -2.53. The smallest absolute Gasteiger partial charge is 0.289 e. The first-order chi connectivity index (χ1) is 13.7. The summed E-state index contributed by atoms with van der Waals surface area (Å²) in [6.45, 7) is 8.72. The third-order valence-corrected chi connectivity index (χ3v) is 5.91. The Hall–Kier alpha value is -2.02. The predicted molar refractivity (Wildman–Crippen MR) is 112 cm³/mol. The summed E-state index contributed by atoms with van der Waals surface area (Å²) in [7, 11) is 1.83. The molecule has 2 aliphatic rings. The van der Waals surface area contributed by atoms with Gasteiger partial charge in [-0.15, -0.1) is 0 Å². The Morgan fingerprint density at radius 3 is 2.64 bits per heavy atom. The van der Waals surface area contributed by atoms with Gasteiger partial charge in [0, 0.05) is 45.8 Å². The van der Waals surface area contributed by atoms with Crippen LogP contribution in [0.5, 0.6) is 0 Å². The normalized spacial score (nSPS) is 21.8. The quantitative estimate of drug-likeness (QED) is 0.459. The number of guanidine groups is 1. The molecular formula is C21H35N5O2. The number of likely N-dealkylation sites (tertiary alicyclic amines) is 1. The highest BCUT2D eigenvalue weighted by Gasteiger charge is 2.25. The van der Waals surface area contributed by atoms with Crippen molar-refractivity contribution in [2.75, 3.05) is 52.9 Å². The van der Waals surface area contributed by atoms with Crippen molar-refractivity contribution >= 4 is 11.9 Å². The van der Waals surface area contributed by atoms with E-state index in [1.807, 2.05) is 11.9 Å². The molecule has 1 aromatic heterocycles. The number of carbonyl (C=O) groups excluding carboxylic acids is 1. The van der Waals surface area contributed by atoms with Crippen LogP contribution in [0.3, 0.4) is 0 Å².